The zero-order valence-corrected chi connectivity index (χ0v) is 16.7. The number of likely N-dealkylation sites (tertiary alicyclic amines) is 1. The van der Waals surface area contributed by atoms with Gasteiger partial charge in [0, 0.05) is 50.5 Å². The van der Waals surface area contributed by atoms with Crippen LogP contribution in [-0.2, 0) is 19.5 Å². The van der Waals surface area contributed by atoms with Gasteiger partial charge < -0.3 is 15.2 Å². The first-order chi connectivity index (χ1) is 14.3. The topological polar surface area (TPSA) is 51.4 Å². The van der Waals surface area contributed by atoms with Gasteiger partial charge in [-0.05, 0) is 59.5 Å². The fourth-order valence-corrected chi connectivity index (χ4v) is 4.79. The lowest BCUT2D eigenvalue weighted by molar-refractivity contribution is 0.159. The first-order valence-electron chi connectivity index (χ1n) is 10.7. The molecule has 29 heavy (non-hydrogen) atoms. The first kappa shape index (κ1) is 18.3. The molecule has 0 radical (unpaired) electrons. The summed E-state index contributed by atoms with van der Waals surface area (Å²) in [7, 11) is 0. The second kappa shape index (κ2) is 7.91. The predicted molar refractivity (Wildman–Crippen MR) is 116 cm³/mol. The van der Waals surface area contributed by atoms with Crippen LogP contribution in [0.25, 0.3) is 10.9 Å². The maximum atomic E-state index is 12.9. The van der Waals surface area contributed by atoms with Gasteiger partial charge in [-0.25, -0.2) is 4.79 Å². The summed E-state index contributed by atoms with van der Waals surface area (Å²) in [6, 6.07) is 17.5. The lowest BCUT2D eigenvalue weighted by atomic mass is 9.99. The van der Waals surface area contributed by atoms with Crippen molar-refractivity contribution < 1.29 is 4.79 Å². The molecule has 0 saturated carbocycles. The molecule has 0 spiro atoms. The van der Waals surface area contributed by atoms with Crippen molar-refractivity contribution in [3.05, 3.63) is 71.4 Å². The van der Waals surface area contributed by atoms with E-state index in [0.717, 1.165) is 56.5 Å². The zero-order chi connectivity index (χ0) is 19.6. The van der Waals surface area contributed by atoms with E-state index >= 15 is 0 Å². The van der Waals surface area contributed by atoms with Crippen molar-refractivity contribution in [3.8, 4) is 0 Å². The molecule has 5 nitrogen and oxygen atoms in total. The molecule has 2 N–H and O–H groups in total. The highest BCUT2D eigenvalue weighted by molar-refractivity contribution is 5.80. The summed E-state index contributed by atoms with van der Waals surface area (Å²) in [6.45, 7) is 4.48. The SMILES string of the molecule is O=C(NCc1ccc2[nH]ccc2c1)N1CCCC1CN1CCc2ccccc2C1. The average Bonchev–Trinajstić information content (AvgIpc) is 3.41. The molecule has 1 fully saturated rings. The van der Waals surface area contributed by atoms with E-state index in [2.05, 4.69) is 68.6 Å². The number of rotatable bonds is 4. The van der Waals surface area contributed by atoms with Crippen LogP contribution < -0.4 is 5.32 Å². The largest absolute Gasteiger partial charge is 0.361 e. The third-order valence-electron chi connectivity index (χ3n) is 6.38. The molecule has 1 unspecified atom stereocenters. The Kier molecular flexibility index (Phi) is 4.98. The van der Waals surface area contributed by atoms with Crippen molar-refractivity contribution in [1.29, 1.82) is 0 Å². The highest BCUT2D eigenvalue weighted by atomic mass is 16.2. The van der Waals surface area contributed by atoms with E-state index in [1.54, 1.807) is 0 Å². The minimum Gasteiger partial charge on any atom is -0.361 e. The van der Waals surface area contributed by atoms with Gasteiger partial charge in [-0.2, -0.15) is 0 Å². The summed E-state index contributed by atoms with van der Waals surface area (Å²) < 4.78 is 0. The number of urea groups is 1. The summed E-state index contributed by atoms with van der Waals surface area (Å²) in [5.74, 6) is 0. The number of amides is 2. The zero-order valence-electron chi connectivity index (χ0n) is 16.7. The van der Waals surface area contributed by atoms with Crippen LogP contribution in [0.1, 0.15) is 29.5 Å². The summed E-state index contributed by atoms with van der Waals surface area (Å²) in [5, 5.41) is 4.32. The first-order valence-corrected chi connectivity index (χ1v) is 10.7. The number of carbonyl (C=O) groups excluding carboxylic acids is 1. The molecule has 1 aromatic heterocycles. The Morgan fingerprint density at radius 2 is 2.00 bits per heavy atom. The summed E-state index contributed by atoms with van der Waals surface area (Å²) in [6.07, 6.45) is 5.25. The van der Waals surface area contributed by atoms with Crippen molar-refractivity contribution in [2.24, 2.45) is 0 Å². The second-order valence-corrected chi connectivity index (χ2v) is 8.30. The number of hydrogen-bond donors (Lipinski definition) is 2. The molecule has 150 valence electrons. The number of nitrogens with one attached hydrogen (secondary N) is 2. The molecule has 1 atom stereocenters. The van der Waals surface area contributed by atoms with Crippen LogP contribution in [0, 0.1) is 0 Å². The average molecular weight is 389 g/mol. The van der Waals surface area contributed by atoms with Crippen LogP contribution in [0.3, 0.4) is 0 Å². The quantitative estimate of drug-likeness (QED) is 0.712. The maximum absolute atomic E-state index is 12.9. The van der Waals surface area contributed by atoms with Gasteiger partial charge in [0.1, 0.15) is 0 Å². The number of carbonyl (C=O) groups is 1. The third-order valence-corrected chi connectivity index (χ3v) is 6.38. The summed E-state index contributed by atoms with van der Waals surface area (Å²) in [4.78, 5) is 20.6. The van der Waals surface area contributed by atoms with Crippen molar-refractivity contribution >= 4 is 16.9 Å². The molecule has 2 aromatic carbocycles. The van der Waals surface area contributed by atoms with Crippen molar-refractivity contribution in [2.75, 3.05) is 19.6 Å². The van der Waals surface area contributed by atoms with Gasteiger partial charge in [-0.15, -0.1) is 0 Å². The number of nitrogens with zero attached hydrogens (tertiary/aromatic N) is 2. The number of H-pyrrole nitrogens is 1. The fraction of sp³-hybridized carbons (Fsp3) is 0.375. The fourth-order valence-electron chi connectivity index (χ4n) is 4.79. The molecule has 0 aliphatic carbocycles. The van der Waals surface area contributed by atoms with E-state index in [1.165, 1.54) is 16.5 Å². The summed E-state index contributed by atoms with van der Waals surface area (Å²) in [5.41, 5.74) is 5.17. The lowest BCUT2D eigenvalue weighted by Gasteiger charge is -2.34. The predicted octanol–water partition coefficient (Wildman–Crippen LogP) is 3.90. The lowest BCUT2D eigenvalue weighted by Crippen LogP contribution is -2.48. The van der Waals surface area contributed by atoms with E-state index in [0.29, 0.717) is 12.6 Å². The molecular formula is C24H28N4O. The molecule has 2 amide bonds. The van der Waals surface area contributed by atoms with E-state index in [4.69, 9.17) is 0 Å². The monoisotopic (exact) mass is 388 g/mol. The molecule has 1 saturated heterocycles. The van der Waals surface area contributed by atoms with E-state index in [-0.39, 0.29) is 6.03 Å². The summed E-state index contributed by atoms with van der Waals surface area (Å²) >= 11 is 0. The third kappa shape index (κ3) is 3.87. The Bertz CT molecular complexity index is 1010. The standard InChI is InChI=1S/C24H28N4O/c29-24(26-15-18-7-8-23-20(14-18)9-11-25-23)28-12-3-6-22(28)17-27-13-10-19-4-1-2-5-21(19)16-27/h1-2,4-5,7-9,11,14,22,25H,3,6,10,12-13,15-17H2,(H,26,29). The highest BCUT2D eigenvalue weighted by Gasteiger charge is 2.30. The number of benzene rings is 2. The normalized spacial score (nSPS) is 19.4. The van der Waals surface area contributed by atoms with Crippen LogP contribution in [0.2, 0.25) is 0 Å². The van der Waals surface area contributed by atoms with Crippen LogP contribution in [0.4, 0.5) is 4.79 Å². The highest BCUT2D eigenvalue weighted by Crippen LogP contribution is 2.23. The van der Waals surface area contributed by atoms with Crippen LogP contribution in [0.5, 0.6) is 0 Å². The molecule has 0 bridgehead atoms. The smallest absolute Gasteiger partial charge is 0.317 e. The number of hydrogen-bond acceptors (Lipinski definition) is 2. The second-order valence-electron chi connectivity index (χ2n) is 8.30. The van der Waals surface area contributed by atoms with Crippen LogP contribution in [-0.4, -0.2) is 46.5 Å². The molecule has 2 aliphatic rings. The van der Waals surface area contributed by atoms with E-state index < -0.39 is 0 Å². The van der Waals surface area contributed by atoms with Gasteiger partial charge in [0.15, 0.2) is 0 Å². The van der Waals surface area contributed by atoms with Crippen LogP contribution >= 0.6 is 0 Å². The maximum Gasteiger partial charge on any atom is 0.317 e. The Hall–Kier alpha value is -2.79. The molecule has 2 aliphatic heterocycles. The van der Waals surface area contributed by atoms with E-state index in [1.807, 2.05) is 6.20 Å². The molecule has 3 heterocycles. The number of fused-ring (bicyclic) bond motifs is 2. The van der Waals surface area contributed by atoms with Gasteiger partial charge in [0.2, 0.25) is 0 Å². The van der Waals surface area contributed by atoms with Crippen LogP contribution in [0.15, 0.2) is 54.7 Å². The molecule has 3 aromatic rings. The Labute approximate surface area is 171 Å². The van der Waals surface area contributed by atoms with Gasteiger partial charge >= 0.3 is 6.03 Å². The van der Waals surface area contributed by atoms with Gasteiger partial charge in [-0.3, -0.25) is 4.90 Å². The molecule has 5 rings (SSSR count). The minimum absolute atomic E-state index is 0.0686. The van der Waals surface area contributed by atoms with Crippen molar-refractivity contribution in [3.63, 3.8) is 0 Å². The molecular weight excluding hydrogens is 360 g/mol. The number of aromatic amines is 1. The van der Waals surface area contributed by atoms with Crippen molar-refractivity contribution in [1.82, 2.24) is 20.1 Å². The van der Waals surface area contributed by atoms with Gasteiger partial charge in [0.05, 0.1) is 0 Å². The van der Waals surface area contributed by atoms with Gasteiger partial charge in [0.25, 0.3) is 0 Å². The Morgan fingerprint density at radius 3 is 2.93 bits per heavy atom. The van der Waals surface area contributed by atoms with E-state index in [9.17, 15) is 4.79 Å². The molecule has 5 heteroatoms. The van der Waals surface area contributed by atoms with Gasteiger partial charge in [-0.1, -0.05) is 30.3 Å². The minimum atomic E-state index is 0.0686. The number of aromatic nitrogens is 1. The van der Waals surface area contributed by atoms with Crippen molar-refractivity contribution in [2.45, 2.75) is 38.4 Å². The Morgan fingerprint density at radius 1 is 1.10 bits per heavy atom. The Balaban J connectivity index is 1.18.